The second-order valence-electron chi connectivity index (χ2n) is 3.76. The summed E-state index contributed by atoms with van der Waals surface area (Å²) in [6.45, 7) is 0.985. The number of aliphatic imine (C=N–C) groups is 1. The molecule has 0 spiro atoms. The van der Waals surface area contributed by atoms with E-state index in [2.05, 4.69) is 9.98 Å². The smallest absolute Gasteiger partial charge is 0.383 e. The molecule has 2 N–H and O–H groups in total. The van der Waals surface area contributed by atoms with Crippen LogP contribution in [0, 0.1) is 0 Å². The molecule has 2 rings (SSSR count). The maximum absolute atomic E-state index is 12.7. The van der Waals surface area contributed by atoms with E-state index < -0.39 is 12.2 Å². The Morgan fingerprint density at radius 2 is 2.18 bits per heavy atom. The number of hydrogen-bond donors (Lipinski definition) is 1. The van der Waals surface area contributed by atoms with Gasteiger partial charge in [-0.1, -0.05) is 0 Å². The Balaban J connectivity index is 2.41. The first-order valence-corrected chi connectivity index (χ1v) is 4.99. The lowest BCUT2D eigenvalue weighted by molar-refractivity contribution is -0.144. The molecule has 4 nitrogen and oxygen atoms in total. The molecule has 92 valence electrons. The van der Waals surface area contributed by atoms with E-state index in [-0.39, 0.29) is 12.5 Å². The van der Waals surface area contributed by atoms with Crippen LogP contribution < -0.4 is 10.6 Å². The van der Waals surface area contributed by atoms with Crippen molar-refractivity contribution in [1.29, 1.82) is 0 Å². The first-order valence-electron chi connectivity index (χ1n) is 4.99. The zero-order chi connectivity index (χ0) is 12.6. The highest BCUT2D eigenvalue weighted by Gasteiger charge is 2.41. The third-order valence-corrected chi connectivity index (χ3v) is 2.72. The van der Waals surface area contributed by atoms with Gasteiger partial charge in [-0.25, -0.2) is 4.99 Å². The van der Waals surface area contributed by atoms with Gasteiger partial charge in [-0.05, 0) is 13.0 Å². The van der Waals surface area contributed by atoms with Gasteiger partial charge in [0.1, 0.15) is 18.5 Å². The van der Waals surface area contributed by atoms with Gasteiger partial charge in [0.25, 0.3) is 0 Å². The minimum atomic E-state index is -4.31. The molecule has 1 aromatic heterocycles. The molecule has 0 bridgehead atoms. The molecule has 0 saturated carbocycles. The zero-order valence-corrected chi connectivity index (χ0v) is 9.07. The average molecular weight is 244 g/mol. The summed E-state index contributed by atoms with van der Waals surface area (Å²) in [6, 6.07) is -0.0639. The van der Waals surface area contributed by atoms with Crippen molar-refractivity contribution in [1.82, 2.24) is 4.98 Å². The van der Waals surface area contributed by atoms with Gasteiger partial charge in [-0.15, -0.1) is 0 Å². The van der Waals surface area contributed by atoms with Gasteiger partial charge in [-0.3, -0.25) is 4.98 Å². The van der Waals surface area contributed by atoms with E-state index in [0.717, 1.165) is 11.8 Å². The fourth-order valence-corrected chi connectivity index (χ4v) is 1.65. The average Bonchev–Trinajstić information content (AvgIpc) is 2.28. The fourth-order valence-electron chi connectivity index (χ4n) is 1.65. The van der Waals surface area contributed by atoms with Crippen molar-refractivity contribution < 1.29 is 13.2 Å². The van der Waals surface area contributed by atoms with Crippen molar-refractivity contribution in [2.75, 3.05) is 11.6 Å². The van der Waals surface area contributed by atoms with Crippen LogP contribution in [-0.2, 0) is 0 Å². The van der Waals surface area contributed by atoms with Crippen molar-refractivity contribution in [3.8, 4) is 0 Å². The molecule has 0 amide bonds. The van der Waals surface area contributed by atoms with Gasteiger partial charge < -0.3 is 10.6 Å². The number of nitrogens with zero attached hydrogens (tertiary/aromatic N) is 3. The molecule has 2 heterocycles. The second-order valence-corrected chi connectivity index (χ2v) is 3.76. The Bertz CT molecular complexity index is 455. The largest absolute Gasteiger partial charge is 0.408 e. The molecule has 7 heteroatoms. The van der Waals surface area contributed by atoms with Gasteiger partial charge in [0.2, 0.25) is 0 Å². The lowest BCUT2D eigenvalue weighted by Crippen LogP contribution is -2.46. The van der Waals surface area contributed by atoms with Crippen LogP contribution >= 0.6 is 0 Å². The first kappa shape index (κ1) is 11.7. The summed E-state index contributed by atoms with van der Waals surface area (Å²) in [6.07, 6.45) is -1.46. The Kier molecular flexibility index (Phi) is 2.68. The van der Waals surface area contributed by atoms with Crippen molar-refractivity contribution >= 4 is 11.5 Å². The van der Waals surface area contributed by atoms with E-state index in [4.69, 9.17) is 5.73 Å². The summed E-state index contributed by atoms with van der Waals surface area (Å²) in [5.74, 6) is 0.244. The summed E-state index contributed by atoms with van der Waals surface area (Å²) in [5.41, 5.74) is 6.49. The van der Waals surface area contributed by atoms with Crippen molar-refractivity contribution in [3.05, 3.63) is 24.0 Å². The van der Waals surface area contributed by atoms with Crippen molar-refractivity contribution in [3.63, 3.8) is 0 Å². The number of pyridine rings is 1. The number of anilines is 1. The SMILES string of the molecule is CC(N1CN=C(N)c2ccncc21)C(F)(F)F. The molecule has 0 saturated heterocycles. The molecule has 1 atom stereocenters. The molecule has 0 aliphatic carbocycles. The maximum atomic E-state index is 12.7. The number of aromatic nitrogens is 1. The van der Waals surface area contributed by atoms with Crippen LogP contribution in [0.3, 0.4) is 0 Å². The molecule has 0 aromatic carbocycles. The Labute approximate surface area is 96.0 Å². The van der Waals surface area contributed by atoms with E-state index in [1.54, 1.807) is 6.07 Å². The van der Waals surface area contributed by atoms with Crippen LogP contribution in [0.2, 0.25) is 0 Å². The second kappa shape index (κ2) is 3.90. The Morgan fingerprint density at radius 1 is 1.47 bits per heavy atom. The summed E-state index contributed by atoms with van der Waals surface area (Å²) in [5, 5.41) is 0. The van der Waals surface area contributed by atoms with Crippen LogP contribution in [0.25, 0.3) is 0 Å². The number of halogens is 3. The minimum Gasteiger partial charge on any atom is -0.383 e. The van der Waals surface area contributed by atoms with Crippen molar-refractivity contribution in [2.24, 2.45) is 10.7 Å². The lowest BCUT2D eigenvalue weighted by atomic mass is 10.1. The summed E-state index contributed by atoms with van der Waals surface area (Å²) in [7, 11) is 0. The summed E-state index contributed by atoms with van der Waals surface area (Å²) < 4.78 is 38.0. The molecular weight excluding hydrogens is 233 g/mol. The third-order valence-electron chi connectivity index (χ3n) is 2.72. The van der Waals surface area contributed by atoms with Crippen LogP contribution in [0.1, 0.15) is 12.5 Å². The van der Waals surface area contributed by atoms with E-state index >= 15 is 0 Å². The molecule has 0 radical (unpaired) electrons. The van der Waals surface area contributed by atoms with E-state index in [1.807, 2.05) is 0 Å². The highest BCUT2D eigenvalue weighted by atomic mass is 19.4. The molecule has 1 aliphatic rings. The third kappa shape index (κ3) is 2.04. The number of rotatable bonds is 1. The van der Waals surface area contributed by atoms with Gasteiger partial charge in [0.05, 0.1) is 11.9 Å². The number of alkyl halides is 3. The minimum absolute atomic E-state index is 0.106. The van der Waals surface area contributed by atoms with Gasteiger partial charge in [0.15, 0.2) is 0 Å². The molecule has 1 aromatic rings. The lowest BCUT2D eigenvalue weighted by Gasteiger charge is -2.34. The number of fused-ring (bicyclic) bond motifs is 1. The standard InChI is InChI=1S/C10H11F3N4/c1-6(10(11,12)13)17-5-16-9(14)7-2-3-15-4-8(7)17/h2-4,6H,5H2,1H3,(H2,14,16). The predicted molar refractivity (Wildman–Crippen MR) is 57.8 cm³/mol. The van der Waals surface area contributed by atoms with Crippen LogP contribution in [0.4, 0.5) is 18.9 Å². The number of nitrogens with two attached hydrogens (primary N) is 1. The number of amidine groups is 1. The number of hydrogen-bond acceptors (Lipinski definition) is 4. The Hall–Kier alpha value is -1.79. The predicted octanol–water partition coefficient (Wildman–Crippen LogP) is 1.52. The van der Waals surface area contributed by atoms with Gasteiger partial charge >= 0.3 is 6.18 Å². The van der Waals surface area contributed by atoms with Crippen LogP contribution in [0.15, 0.2) is 23.5 Å². The molecular formula is C10H11F3N4. The van der Waals surface area contributed by atoms with E-state index in [9.17, 15) is 13.2 Å². The van der Waals surface area contributed by atoms with E-state index in [1.165, 1.54) is 12.4 Å². The summed E-state index contributed by atoms with van der Waals surface area (Å²) >= 11 is 0. The normalized spacial score (nSPS) is 17.4. The molecule has 17 heavy (non-hydrogen) atoms. The van der Waals surface area contributed by atoms with Crippen LogP contribution in [-0.4, -0.2) is 29.7 Å². The van der Waals surface area contributed by atoms with Gasteiger partial charge in [0, 0.05) is 11.8 Å². The fraction of sp³-hybridized carbons (Fsp3) is 0.400. The highest BCUT2D eigenvalue weighted by Crippen LogP contribution is 2.31. The highest BCUT2D eigenvalue weighted by molar-refractivity contribution is 6.03. The summed E-state index contributed by atoms with van der Waals surface area (Å²) in [4.78, 5) is 8.84. The van der Waals surface area contributed by atoms with E-state index in [0.29, 0.717) is 11.3 Å². The van der Waals surface area contributed by atoms with Gasteiger partial charge in [-0.2, -0.15) is 13.2 Å². The molecule has 0 fully saturated rings. The zero-order valence-electron chi connectivity index (χ0n) is 9.07. The maximum Gasteiger partial charge on any atom is 0.408 e. The monoisotopic (exact) mass is 244 g/mol. The molecule has 1 unspecified atom stereocenters. The quantitative estimate of drug-likeness (QED) is 0.814. The van der Waals surface area contributed by atoms with Crippen molar-refractivity contribution in [2.45, 2.75) is 19.1 Å². The first-order chi connectivity index (χ1) is 7.91. The molecule has 1 aliphatic heterocycles. The Morgan fingerprint density at radius 3 is 2.82 bits per heavy atom. The van der Waals surface area contributed by atoms with Crippen LogP contribution in [0.5, 0.6) is 0 Å². The topological polar surface area (TPSA) is 54.5 Å².